The van der Waals surface area contributed by atoms with Crippen molar-refractivity contribution in [2.75, 3.05) is 26.2 Å². The Hall–Kier alpha value is -3.51. The first kappa shape index (κ1) is 18.5. The summed E-state index contributed by atoms with van der Waals surface area (Å²) >= 11 is 0. The number of nitrogens with zero attached hydrogens (tertiary/aromatic N) is 4. The van der Waals surface area contributed by atoms with E-state index in [-0.39, 0.29) is 11.9 Å². The highest BCUT2D eigenvalue weighted by atomic mass is 16.2. The van der Waals surface area contributed by atoms with Crippen molar-refractivity contribution in [3.05, 3.63) is 95.9 Å². The normalized spacial score (nSPS) is 15.0. The molecule has 1 aliphatic rings. The van der Waals surface area contributed by atoms with Crippen molar-refractivity contribution < 1.29 is 4.79 Å². The fourth-order valence-electron chi connectivity index (χ4n) is 4.24. The highest BCUT2D eigenvalue weighted by Gasteiger charge is 2.29. The van der Waals surface area contributed by atoms with Crippen molar-refractivity contribution in [2.24, 2.45) is 0 Å². The minimum absolute atomic E-state index is 0.0372. The molecule has 0 saturated carbocycles. The van der Waals surface area contributed by atoms with Crippen LogP contribution in [0.15, 0.2) is 79.1 Å². The van der Waals surface area contributed by atoms with Gasteiger partial charge in [-0.1, -0.05) is 60.7 Å². The van der Waals surface area contributed by atoms with E-state index >= 15 is 0 Å². The number of carbonyl (C=O) groups excluding carboxylic acids is 1. The quantitative estimate of drug-likeness (QED) is 0.572. The third kappa shape index (κ3) is 3.46. The van der Waals surface area contributed by atoms with Gasteiger partial charge in [0.25, 0.3) is 5.91 Å². The second-order valence-corrected chi connectivity index (χ2v) is 7.55. The number of amides is 1. The zero-order valence-corrected chi connectivity index (χ0v) is 16.6. The van der Waals surface area contributed by atoms with E-state index < -0.39 is 0 Å². The van der Waals surface area contributed by atoms with Crippen LogP contribution >= 0.6 is 0 Å². The summed E-state index contributed by atoms with van der Waals surface area (Å²) in [7, 11) is 0. The van der Waals surface area contributed by atoms with Crippen molar-refractivity contribution >= 4 is 16.8 Å². The van der Waals surface area contributed by atoms with Crippen molar-refractivity contribution in [1.29, 1.82) is 0 Å². The Kier molecular flexibility index (Phi) is 4.99. The number of piperazine rings is 1. The van der Waals surface area contributed by atoms with Crippen molar-refractivity contribution in [2.45, 2.75) is 6.04 Å². The lowest BCUT2D eigenvalue weighted by molar-refractivity contribution is 0.0593. The molecule has 1 fully saturated rings. The van der Waals surface area contributed by atoms with E-state index in [1.54, 1.807) is 12.4 Å². The van der Waals surface area contributed by atoms with E-state index in [0.29, 0.717) is 18.8 Å². The number of aromatic nitrogens is 3. The predicted octanol–water partition coefficient (Wildman–Crippen LogP) is 3.51. The highest BCUT2D eigenvalue weighted by molar-refractivity contribution is 6.04. The van der Waals surface area contributed by atoms with Crippen LogP contribution in [0.5, 0.6) is 0 Å². The van der Waals surface area contributed by atoms with E-state index in [0.717, 1.165) is 24.0 Å². The predicted molar refractivity (Wildman–Crippen MR) is 116 cm³/mol. The molecule has 4 aromatic rings. The molecule has 0 spiro atoms. The van der Waals surface area contributed by atoms with Crippen LogP contribution in [0.1, 0.15) is 27.7 Å². The standard InChI is InChI=1S/C24H23N5O/c30-24(22-20-17-25-12-11-21(20)26-27-22)29-15-13-28(14-16-29)23(18-7-3-1-4-8-18)19-9-5-2-6-10-19/h1-12,17,23H,13-16H2,(H,26,27). The number of aromatic amines is 1. The summed E-state index contributed by atoms with van der Waals surface area (Å²) in [6, 6.07) is 23.2. The third-order valence-corrected chi connectivity index (χ3v) is 5.76. The van der Waals surface area contributed by atoms with Gasteiger partial charge in [0.2, 0.25) is 0 Å². The molecule has 2 aromatic carbocycles. The van der Waals surface area contributed by atoms with Crippen molar-refractivity contribution in [3.8, 4) is 0 Å². The lowest BCUT2D eigenvalue weighted by atomic mass is 9.96. The zero-order chi connectivity index (χ0) is 20.3. The fourth-order valence-corrected chi connectivity index (χ4v) is 4.24. The molecule has 3 heterocycles. The largest absolute Gasteiger partial charge is 0.335 e. The van der Waals surface area contributed by atoms with Crippen LogP contribution in [0, 0.1) is 0 Å². The summed E-state index contributed by atoms with van der Waals surface area (Å²) in [5, 5.41) is 7.95. The molecular weight excluding hydrogens is 374 g/mol. The highest BCUT2D eigenvalue weighted by Crippen LogP contribution is 2.29. The van der Waals surface area contributed by atoms with Crippen LogP contribution in [0.25, 0.3) is 10.9 Å². The Morgan fingerprint density at radius 3 is 2.13 bits per heavy atom. The van der Waals surface area contributed by atoms with Crippen LogP contribution in [-0.2, 0) is 0 Å². The summed E-state index contributed by atoms with van der Waals surface area (Å²) in [6.45, 7) is 2.95. The number of benzene rings is 2. The Morgan fingerprint density at radius 2 is 1.50 bits per heavy atom. The number of hydrogen-bond donors (Lipinski definition) is 1. The summed E-state index contributed by atoms with van der Waals surface area (Å²) in [5.41, 5.74) is 3.83. The Labute approximate surface area is 175 Å². The number of rotatable bonds is 4. The van der Waals surface area contributed by atoms with Gasteiger partial charge in [-0.3, -0.25) is 19.8 Å². The maximum absolute atomic E-state index is 13.1. The smallest absolute Gasteiger partial charge is 0.275 e. The number of fused-ring (bicyclic) bond motifs is 1. The van der Waals surface area contributed by atoms with Gasteiger partial charge in [-0.15, -0.1) is 0 Å². The molecule has 2 aromatic heterocycles. The van der Waals surface area contributed by atoms with Gasteiger partial charge in [0, 0.05) is 38.6 Å². The molecule has 6 nitrogen and oxygen atoms in total. The van der Waals surface area contributed by atoms with Gasteiger partial charge in [0.1, 0.15) is 0 Å². The summed E-state index contributed by atoms with van der Waals surface area (Å²) in [5.74, 6) is -0.0372. The Morgan fingerprint density at radius 1 is 0.867 bits per heavy atom. The van der Waals surface area contributed by atoms with Crippen LogP contribution in [-0.4, -0.2) is 57.1 Å². The maximum atomic E-state index is 13.1. The van der Waals surface area contributed by atoms with E-state index in [1.807, 2.05) is 23.1 Å². The second-order valence-electron chi connectivity index (χ2n) is 7.55. The van der Waals surface area contributed by atoms with Crippen LogP contribution < -0.4 is 0 Å². The molecule has 1 saturated heterocycles. The van der Waals surface area contributed by atoms with Gasteiger partial charge in [0.05, 0.1) is 16.9 Å². The number of nitrogens with one attached hydrogen (secondary N) is 1. The van der Waals surface area contributed by atoms with Gasteiger partial charge in [0.15, 0.2) is 5.69 Å². The molecular formula is C24H23N5O. The molecule has 0 unspecified atom stereocenters. The first-order valence-corrected chi connectivity index (χ1v) is 10.2. The van der Waals surface area contributed by atoms with E-state index in [2.05, 4.69) is 68.6 Å². The molecule has 1 aliphatic heterocycles. The summed E-state index contributed by atoms with van der Waals surface area (Å²) < 4.78 is 0. The molecule has 0 atom stereocenters. The monoisotopic (exact) mass is 397 g/mol. The molecule has 0 radical (unpaired) electrons. The van der Waals surface area contributed by atoms with Gasteiger partial charge in [-0.2, -0.15) is 5.10 Å². The number of carbonyl (C=O) groups is 1. The average molecular weight is 397 g/mol. The molecule has 0 aliphatic carbocycles. The molecule has 5 rings (SSSR count). The fraction of sp³-hybridized carbons (Fsp3) is 0.208. The van der Waals surface area contributed by atoms with Crippen LogP contribution in [0.3, 0.4) is 0 Å². The van der Waals surface area contributed by atoms with Crippen LogP contribution in [0.4, 0.5) is 0 Å². The summed E-state index contributed by atoms with van der Waals surface area (Å²) in [4.78, 5) is 21.6. The molecule has 1 N–H and O–H groups in total. The third-order valence-electron chi connectivity index (χ3n) is 5.76. The molecule has 0 bridgehead atoms. The first-order chi connectivity index (χ1) is 14.8. The summed E-state index contributed by atoms with van der Waals surface area (Å²) in [6.07, 6.45) is 3.39. The van der Waals surface area contributed by atoms with Crippen molar-refractivity contribution in [1.82, 2.24) is 25.0 Å². The Bertz CT molecular complexity index is 1090. The van der Waals surface area contributed by atoms with Crippen LogP contribution in [0.2, 0.25) is 0 Å². The van der Waals surface area contributed by atoms with Gasteiger partial charge in [-0.25, -0.2) is 0 Å². The van der Waals surface area contributed by atoms with E-state index in [9.17, 15) is 4.79 Å². The maximum Gasteiger partial charge on any atom is 0.275 e. The lowest BCUT2D eigenvalue weighted by Crippen LogP contribution is -2.50. The lowest BCUT2D eigenvalue weighted by Gasteiger charge is -2.39. The SMILES string of the molecule is O=C(c1n[nH]c2ccncc12)N1CCN(C(c2ccccc2)c2ccccc2)CC1. The Balaban J connectivity index is 1.35. The number of pyridine rings is 1. The van der Waals surface area contributed by atoms with Gasteiger partial charge < -0.3 is 4.90 Å². The molecule has 1 amide bonds. The number of H-pyrrole nitrogens is 1. The molecule has 150 valence electrons. The number of hydrogen-bond acceptors (Lipinski definition) is 4. The van der Waals surface area contributed by atoms with Gasteiger partial charge >= 0.3 is 0 Å². The molecule has 30 heavy (non-hydrogen) atoms. The van der Waals surface area contributed by atoms with Crippen molar-refractivity contribution in [3.63, 3.8) is 0 Å². The first-order valence-electron chi connectivity index (χ1n) is 10.2. The van der Waals surface area contributed by atoms with E-state index in [1.165, 1.54) is 11.1 Å². The van der Waals surface area contributed by atoms with Gasteiger partial charge in [-0.05, 0) is 17.2 Å². The van der Waals surface area contributed by atoms with E-state index in [4.69, 9.17) is 0 Å². The minimum Gasteiger partial charge on any atom is -0.335 e. The zero-order valence-electron chi connectivity index (χ0n) is 16.6. The second kappa shape index (κ2) is 8.08. The topological polar surface area (TPSA) is 65.1 Å². The molecule has 6 heteroatoms. The average Bonchev–Trinajstić information content (AvgIpc) is 3.25. The minimum atomic E-state index is -0.0372.